The van der Waals surface area contributed by atoms with E-state index in [1.54, 1.807) is 11.7 Å². The van der Waals surface area contributed by atoms with Crippen LogP contribution in [0.5, 0.6) is 11.8 Å². The maximum atomic E-state index is 16.4. The number of halogens is 3. The molecule has 222 valence electrons. The van der Waals surface area contributed by atoms with Gasteiger partial charge in [0.2, 0.25) is 0 Å². The fraction of sp³-hybridized carbons (Fsp3) is 0.483. The third-order valence-corrected chi connectivity index (χ3v) is 8.52. The average molecular weight is 599 g/mol. The molecule has 0 amide bonds. The van der Waals surface area contributed by atoms with Gasteiger partial charge in [0.05, 0.1) is 16.6 Å². The van der Waals surface area contributed by atoms with E-state index >= 15 is 4.39 Å². The molecule has 3 aromatic heterocycles. The highest BCUT2D eigenvalue weighted by Crippen LogP contribution is 2.41. The first-order valence-corrected chi connectivity index (χ1v) is 14.6. The summed E-state index contributed by atoms with van der Waals surface area (Å²) in [5.74, 6) is -0.387. The molecule has 0 bridgehead atoms. The fourth-order valence-electron chi connectivity index (χ4n) is 6.28. The Hall–Kier alpha value is -3.64. The minimum Gasteiger partial charge on any atom is -0.508 e. The Morgan fingerprint density at radius 2 is 2.12 bits per heavy atom. The summed E-state index contributed by atoms with van der Waals surface area (Å²) in [4.78, 5) is 15.5. The number of aromatic hydroxyl groups is 1. The van der Waals surface area contributed by atoms with E-state index in [0.717, 1.165) is 25.1 Å². The number of aryl methyl sites for hydroxylation is 2. The molecule has 0 unspecified atom stereocenters. The summed E-state index contributed by atoms with van der Waals surface area (Å²) >= 11 is 6.56. The minimum atomic E-state index is -0.890. The normalized spacial score (nSPS) is 20.4. The van der Waals surface area contributed by atoms with E-state index in [1.807, 2.05) is 13.1 Å². The number of nitrogens with one attached hydrogen (secondary N) is 1. The molecular formula is C29H33ClF2N8O2. The number of phenols is 1. The second-order valence-electron chi connectivity index (χ2n) is 11.1. The lowest BCUT2D eigenvalue weighted by atomic mass is 9.95. The van der Waals surface area contributed by atoms with Crippen molar-refractivity contribution in [1.82, 2.24) is 34.8 Å². The molecule has 6 rings (SSSR count). The molecule has 2 fully saturated rings. The zero-order valence-electron chi connectivity index (χ0n) is 23.6. The molecule has 0 radical (unpaired) electrons. The van der Waals surface area contributed by atoms with Gasteiger partial charge in [0.15, 0.2) is 5.82 Å². The third-order valence-electron chi connectivity index (χ3n) is 8.18. The number of nitrogens with zero attached hydrogens (tertiary/aromatic N) is 7. The Bertz CT molecular complexity index is 1620. The number of ether oxygens (including phenoxy) is 1. The van der Waals surface area contributed by atoms with Crippen LogP contribution in [0.4, 0.5) is 14.6 Å². The first kappa shape index (κ1) is 28.5. The number of pyridine rings is 1. The topological polar surface area (TPSA) is 114 Å². The smallest absolute Gasteiger partial charge is 0.319 e. The summed E-state index contributed by atoms with van der Waals surface area (Å²) in [6.07, 6.45) is 6.51. The van der Waals surface area contributed by atoms with Crippen LogP contribution < -0.4 is 10.1 Å². The first-order valence-electron chi connectivity index (χ1n) is 14.3. The highest BCUT2D eigenvalue weighted by Gasteiger charge is 2.49. The van der Waals surface area contributed by atoms with E-state index in [-0.39, 0.29) is 29.6 Å². The fourth-order valence-corrected chi connectivity index (χ4v) is 6.59. The SMILES string of the molecule is CCNc1nc(OC[C@@]23CCCN2C[C@H](F)C3)nc2c(F)c(-c3cc(O)cc(Cl)c3CCCc3cn(C)nn3)ncc12. The summed E-state index contributed by atoms with van der Waals surface area (Å²) in [5, 5.41) is 22.3. The largest absolute Gasteiger partial charge is 0.508 e. The number of benzene rings is 1. The molecule has 42 heavy (non-hydrogen) atoms. The number of hydrogen-bond donors (Lipinski definition) is 2. The van der Waals surface area contributed by atoms with E-state index in [2.05, 4.69) is 35.5 Å². The van der Waals surface area contributed by atoms with Gasteiger partial charge in [-0.3, -0.25) is 14.6 Å². The summed E-state index contributed by atoms with van der Waals surface area (Å²) in [6, 6.07) is 2.91. The summed E-state index contributed by atoms with van der Waals surface area (Å²) < 4.78 is 38.3. The van der Waals surface area contributed by atoms with Crippen molar-refractivity contribution in [3.05, 3.63) is 46.6 Å². The van der Waals surface area contributed by atoms with Crippen molar-refractivity contribution in [1.29, 1.82) is 0 Å². The van der Waals surface area contributed by atoms with E-state index in [0.29, 0.717) is 66.1 Å². The van der Waals surface area contributed by atoms with Crippen molar-refractivity contribution in [3.8, 4) is 23.0 Å². The van der Waals surface area contributed by atoms with Crippen LogP contribution in [-0.4, -0.2) is 77.9 Å². The van der Waals surface area contributed by atoms with E-state index in [1.165, 1.54) is 18.3 Å². The predicted octanol–water partition coefficient (Wildman–Crippen LogP) is 4.88. The second-order valence-corrected chi connectivity index (χ2v) is 11.5. The Morgan fingerprint density at radius 1 is 1.26 bits per heavy atom. The van der Waals surface area contributed by atoms with Crippen LogP contribution in [-0.2, 0) is 19.9 Å². The lowest BCUT2D eigenvalue weighted by Gasteiger charge is -2.30. The molecule has 4 aromatic rings. The lowest BCUT2D eigenvalue weighted by Crippen LogP contribution is -2.43. The molecule has 2 aliphatic heterocycles. The van der Waals surface area contributed by atoms with Gasteiger partial charge in [0.25, 0.3) is 0 Å². The molecule has 2 N–H and O–H groups in total. The first-order chi connectivity index (χ1) is 20.3. The van der Waals surface area contributed by atoms with Crippen molar-refractivity contribution in [2.24, 2.45) is 7.05 Å². The third kappa shape index (κ3) is 5.45. The number of fused-ring (bicyclic) bond motifs is 2. The molecule has 13 heteroatoms. The van der Waals surface area contributed by atoms with Crippen molar-refractivity contribution in [2.45, 2.75) is 57.2 Å². The van der Waals surface area contributed by atoms with Gasteiger partial charge in [-0.25, -0.2) is 8.78 Å². The zero-order chi connectivity index (χ0) is 29.4. The average Bonchev–Trinajstić information content (AvgIpc) is 3.62. The van der Waals surface area contributed by atoms with Crippen LogP contribution in [0.3, 0.4) is 0 Å². The number of alkyl halides is 1. The van der Waals surface area contributed by atoms with E-state index in [4.69, 9.17) is 16.3 Å². The second kappa shape index (κ2) is 11.6. The number of hydrogen-bond acceptors (Lipinski definition) is 9. The molecular weight excluding hydrogens is 566 g/mol. The van der Waals surface area contributed by atoms with Crippen molar-refractivity contribution >= 4 is 28.3 Å². The molecule has 0 aliphatic carbocycles. The van der Waals surface area contributed by atoms with Crippen LogP contribution >= 0.6 is 11.6 Å². The number of rotatable bonds is 10. The highest BCUT2D eigenvalue weighted by molar-refractivity contribution is 6.32. The monoisotopic (exact) mass is 598 g/mol. The van der Waals surface area contributed by atoms with Crippen molar-refractivity contribution in [2.75, 3.05) is 31.6 Å². The minimum absolute atomic E-state index is 0.0103. The van der Waals surface area contributed by atoms with Gasteiger partial charge in [-0.1, -0.05) is 16.8 Å². The van der Waals surface area contributed by atoms with Gasteiger partial charge in [-0.15, -0.1) is 5.10 Å². The zero-order valence-corrected chi connectivity index (χ0v) is 24.3. The number of phenolic OH excluding ortho intramolecular Hbond substituents is 1. The van der Waals surface area contributed by atoms with Crippen LogP contribution in [0.1, 0.15) is 43.9 Å². The van der Waals surface area contributed by atoms with Gasteiger partial charge < -0.3 is 15.2 Å². The summed E-state index contributed by atoms with van der Waals surface area (Å²) in [7, 11) is 1.80. The summed E-state index contributed by atoms with van der Waals surface area (Å²) in [5.41, 5.74) is 1.52. The van der Waals surface area contributed by atoms with Gasteiger partial charge in [0, 0.05) is 49.5 Å². The number of aromatic nitrogens is 6. The predicted molar refractivity (Wildman–Crippen MR) is 155 cm³/mol. The molecule has 0 spiro atoms. The quantitative estimate of drug-likeness (QED) is 0.264. The lowest BCUT2D eigenvalue weighted by molar-refractivity contribution is 0.107. The Labute approximate surface area is 247 Å². The van der Waals surface area contributed by atoms with Gasteiger partial charge in [0.1, 0.15) is 35.6 Å². The van der Waals surface area contributed by atoms with Crippen LogP contribution in [0.15, 0.2) is 24.5 Å². The molecule has 2 saturated heterocycles. The van der Waals surface area contributed by atoms with Crippen LogP contribution in [0.2, 0.25) is 5.02 Å². The Morgan fingerprint density at radius 3 is 2.90 bits per heavy atom. The molecule has 10 nitrogen and oxygen atoms in total. The highest BCUT2D eigenvalue weighted by atomic mass is 35.5. The maximum Gasteiger partial charge on any atom is 0.319 e. The van der Waals surface area contributed by atoms with Gasteiger partial charge >= 0.3 is 6.01 Å². The molecule has 0 saturated carbocycles. The molecule has 2 atom stereocenters. The number of anilines is 1. The van der Waals surface area contributed by atoms with E-state index < -0.39 is 17.5 Å². The van der Waals surface area contributed by atoms with Crippen molar-refractivity contribution in [3.63, 3.8) is 0 Å². The molecule has 1 aromatic carbocycles. The van der Waals surface area contributed by atoms with Crippen LogP contribution in [0, 0.1) is 5.82 Å². The summed E-state index contributed by atoms with van der Waals surface area (Å²) in [6.45, 7) is 3.91. The molecule has 2 aliphatic rings. The van der Waals surface area contributed by atoms with Crippen molar-refractivity contribution < 1.29 is 18.6 Å². The Balaban J connectivity index is 1.34. The molecule has 5 heterocycles. The standard InChI is InChI=1S/C29H33ClF2N8O2/c1-3-33-27-22-13-34-25(21-10-19(41)11-23(30)20(21)7-4-6-18-15-39(2)38-37-18)24(32)26(22)35-28(36-27)42-16-29-8-5-9-40(29)14-17(31)12-29/h10-11,13,15,17,41H,3-9,12,14,16H2,1-2H3,(H,33,35,36)/t17-,29+/m1/s1. The maximum absolute atomic E-state index is 16.4. The van der Waals surface area contributed by atoms with Gasteiger partial charge in [-0.05, 0) is 63.3 Å². The Kier molecular flexibility index (Phi) is 7.84. The van der Waals surface area contributed by atoms with Gasteiger partial charge in [-0.2, -0.15) is 9.97 Å². The van der Waals surface area contributed by atoms with Crippen LogP contribution in [0.25, 0.3) is 22.2 Å². The van der Waals surface area contributed by atoms with E-state index in [9.17, 15) is 9.50 Å².